The molecule has 4 nitrogen and oxygen atoms in total. The first-order chi connectivity index (χ1) is 17.1. The van der Waals surface area contributed by atoms with Gasteiger partial charge < -0.3 is 10.4 Å². The zero-order chi connectivity index (χ0) is 25.8. The molecule has 1 amide bonds. The Morgan fingerprint density at radius 3 is 2.61 bits per heavy atom. The molecule has 0 radical (unpaired) electrons. The summed E-state index contributed by atoms with van der Waals surface area (Å²) < 4.78 is 0.763. The summed E-state index contributed by atoms with van der Waals surface area (Å²) in [4.78, 5) is 26.5. The predicted octanol–water partition coefficient (Wildman–Crippen LogP) is 7.19. The van der Waals surface area contributed by atoms with Crippen LogP contribution in [0.1, 0.15) is 103 Å². The van der Waals surface area contributed by atoms with E-state index in [1.165, 1.54) is 25.7 Å². The fraction of sp³-hybridized carbons (Fsp3) is 0.800. The molecule has 0 bridgehead atoms. The minimum Gasteiger partial charge on any atom is -0.393 e. The molecule has 36 heavy (non-hydrogen) atoms. The van der Waals surface area contributed by atoms with E-state index in [4.69, 9.17) is 11.6 Å². The van der Waals surface area contributed by atoms with Gasteiger partial charge in [-0.3, -0.25) is 9.59 Å². The average molecular weight is 534 g/mol. The summed E-state index contributed by atoms with van der Waals surface area (Å²) in [7, 11) is 0. The number of halogens is 1. The number of hydrogen-bond acceptors (Lipinski definition) is 4. The van der Waals surface area contributed by atoms with Gasteiger partial charge in [0, 0.05) is 24.1 Å². The molecular weight excluding hydrogens is 490 g/mol. The summed E-state index contributed by atoms with van der Waals surface area (Å²) in [6.07, 6.45) is 8.99. The highest BCUT2D eigenvalue weighted by molar-refractivity contribution is 7.16. The maximum absolute atomic E-state index is 13.1. The Bertz CT molecular complexity index is 995. The lowest BCUT2D eigenvalue weighted by Gasteiger charge is -2.61. The average Bonchev–Trinajstić information content (AvgIpc) is 3.41. The van der Waals surface area contributed by atoms with Crippen LogP contribution in [0.4, 0.5) is 0 Å². The van der Waals surface area contributed by atoms with Crippen LogP contribution < -0.4 is 5.32 Å². The highest BCUT2D eigenvalue weighted by atomic mass is 35.5. The molecule has 0 aromatic carbocycles. The van der Waals surface area contributed by atoms with E-state index in [1.54, 1.807) is 11.3 Å². The third-order valence-electron chi connectivity index (χ3n) is 11.4. The van der Waals surface area contributed by atoms with Crippen molar-refractivity contribution in [2.75, 3.05) is 0 Å². The molecule has 6 heteroatoms. The summed E-state index contributed by atoms with van der Waals surface area (Å²) in [5.74, 6) is 3.31. The maximum atomic E-state index is 13.1. The number of ketones is 1. The van der Waals surface area contributed by atoms with Crippen LogP contribution in [0.2, 0.25) is 4.34 Å². The van der Waals surface area contributed by atoms with Crippen LogP contribution in [0.15, 0.2) is 12.1 Å². The van der Waals surface area contributed by atoms with Crippen LogP contribution in [0, 0.1) is 46.3 Å². The molecule has 4 aliphatic rings. The van der Waals surface area contributed by atoms with Gasteiger partial charge in [-0.05, 0) is 103 Å². The highest BCUT2D eigenvalue weighted by Gasteiger charge is 2.62. The van der Waals surface area contributed by atoms with Gasteiger partial charge in [-0.15, -0.1) is 11.3 Å². The van der Waals surface area contributed by atoms with Crippen LogP contribution in [0.25, 0.3) is 0 Å². The van der Waals surface area contributed by atoms with E-state index in [1.807, 2.05) is 12.1 Å². The molecule has 4 fully saturated rings. The lowest BCUT2D eigenvalue weighted by atomic mass is 9.44. The Morgan fingerprint density at radius 2 is 1.92 bits per heavy atom. The van der Waals surface area contributed by atoms with Gasteiger partial charge in [0.25, 0.3) is 0 Å². The van der Waals surface area contributed by atoms with Crippen molar-refractivity contribution >= 4 is 34.6 Å². The number of aliphatic hydroxyl groups is 1. The second kappa shape index (κ2) is 10.0. The monoisotopic (exact) mass is 533 g/mol. The summed E-state index contributed by atoms with van der Waals surface area (Å²) in [6.45, 7) is 9.27. The molecule has 1 heterocycles. The molecule has 5 rings (SSSR count). The molecule has 0 unspecified atom stereocenters. The number of carbonyl (C=O) groups is 2. The molecule has 0 aliphatic heterocycles. The molecule has 200 valence electrons. The number of amides is 1. The van der Waals surface area contributed by atoms with Crippen LogP contribution in [0.3, 0.4) is 0 Å². The van der Waals surface area contributed by atoms with Crippen LogP contribution >= 0.6 is 22.9 Å². The zero-order valence-corrected chi connectivity index (χ0v) is 24.0. The molecule has 1 aromatic rings. The Kier molecular flexibility index (Phi) is 7.41. The smallest absolute Gasteiger partial charge is 0.220 e. The van der Waals surface area contributed by atoms with E-state index in [2.05, 4.69) is 33.0 Å². The van der Waals surface area contributed by atoms with Gasteiger partial charge in [0.15, 0.2) is 0 Å². The van der Waals surface area contributed by atoms with Crippen molar-refractivity contribution < 1.29 is 14.7 Å². The number of fused-ring (bicyclic) bond motifs is 5. The Balaban J connectivity index is 1.27. The second-order valence-electron chi connectivity index (χ2n) is 13.1. The maximum Gasteiger partial charge on any atom is 0.220 e. The molecule has 10 atom stereocenters. The molecular formula is C30H44ClNO3S. The van der Waals surface area contributed by atoms with Crippen molar-refractivity contribution in [3.8, 4) is 0 Å². The van der Waals surface area contributed by atoms with Crippen LogP contribution in [0.5, 0.6) is 0 Å². The summed E-state index contributed by atoms with van der Waals surface area (Å²) in [5, 5.41) is 14.5. The van der Waals surface area contributed by atoms with E-state index in [0.717, 1.165) is 28.5 Å². The van der Waals surface area contributed by atoms with Crippen molar-refractivity contribution in [1.82, 2.24) is 5.32 Å². The lowest BCUT2D eigenvalue weighted by Crippen LogP contribution is -2.58. The van der Waals surface area contributed by atoms with Crippen molar-refractivity contribution in [2.24, 2.45) is 46.3 Å². The number of nitrogens with one attached hydrogen (secondary N) is 1. The van der Waals surface area contributed by atoms with Gasteiger partial charge in [0.05, 0.1) is 16.5 Å². The molecule has 2 N–H and O–H groups in total. The first-order valence-electron chi connectivity index (χ1n) is 14.3. The SMILES string of the molecule is CC[C@H](NC(=O)C[C@@H](C)[C@H]1CC[C@H]2[C@@H]3C[C@H](O)[C@@H]4CC(=O)CC[C@]4(C)[C@H]3CC[C@]12C)c1ccc(Cl)s1. The quantitative estimate of drug-likeness (QED) is 0.406. The Labute approximate surface area is 226 Å². The minimum atomic E-state index is -0.346. The summed E-state index contributed by atoms with van der Waals surface area (Å²) in [5.41, 5.74) is 0.334. The topological polar surface area (TPSA) is 66.4 Å². The van der Waals surface area contributed by atoms with Gasteiger partial charge in [0.2, 0.25) is 5.91 Å². The van der Waals surface area contributed by atoms with E-state index >= 15 is 0 Å². The summed E-state index contributed by atoms with van der Waals surface area (Å²) in [6, 6.07) is 3.96. The Morgan fingerprint density at radius 1 is 1.17 bits per heavy atom. The first kappa shape index (κ1) is 26.7. The van der Waals surface area contributed by atoms with Gasteiger partial charge in [-0.2, -0.15) is 0 Å². The van der Waals surface area contributed by atoms with Crippen LogP contribution in [-0.2, 0) is 9.59 Å². The summed E-state index contributed by atoms with van der Waals surface area (Å²) >= 11 is 7.68. The van der Waals surface area contributed by atoms with Gasteiger partial charge in [-0.1, -0.05) is 39.3 Å². The second-order valence-corrected chi connectivity index (χ2v) is 14.9. The largest absolute Gasteiger partial charge is 0.393 e. The minimum absolute atomic E-state index is 0.0318. The van der Waals surface area contributed by atoms with E-state index in [-0.39, 0.29) is 34.8 Å². The molecule has 0 saturated heterocycles. The zero-order valence-electron chi connectivity index (χ0n) is 22.4. The van der Waals surface area contributed by atoms with E-state index in [0.29, 0.717) is 54.6 Å². The molecule has 1 aromatic heterocycles. The van der Waals surface area contributed by atoms with E-state index < -0.39 is 0 Å². The van der Waals surface area contributed by atoms with Crippen molar-refractivity contribution in [1.29, 1.82) is 0 Å². The fourth-order valence-corrected chi connectivity index (χ4v) is 10.8. The van der Waals surface area contributed by atoms with Crippen LogP contribution in [-0.4, -0.2) is 22.9 Å². The molecule has 0 spiro atoms. The molecule has 4 saturated carbocycles. The number of hydrogen-bond donors (Lipinski definition) is 2. The third-order valence-corrected chi connectivity index (χ3v) is 12.8. The Hall–Kier alpha value is -0.910. The van der Waals surface area contributed by atoms with Crippen molar-refractivity contribution in [2.45, 2.75) is 104 Å². The standard InChI is InChI=1S/C30H44ClNO3S/c1-5-24(26-8-9-27(31)36-26)32-28(35)14-17(2)20-6-7-21-19-16-25(34)23-15-18(33)10-12-30(23,4)22(19)11-13-29(20,21)3/h8-9,17,19-25,34H,5-7,10-16H2,1-4H3,(H,32,35)/t17-,19+,20-,21+,22+,23+,24+,25+,29-,30-/m1/s1. The van der Waals surface area contributed by atoms with Crippen molar-refractivity contribution in [3.05, 3.63) is 21.3 Å². The number of rotatable bonds is 6. The fourth-order valence-electron chi connectivity index (χ4n) is 9.64. The number of aliphatic hydroxyl groups excluding tert-OH is 1. The first-order valence-corrected chi connectivity index (χ1v) is 15.5. The lowest BCUT2D eigenvalue weighted by molar-refractivity contribution is -0.166. The normalized spacial score (nSPS) is 41.7. The number of Topliss-reactive ketones (excluding diaryl/α,β-unsaturated/α-hetero) is 1. The number of carbonyl (C=O) groups excluding carboxylic acids is 2. The van der Waals surface area contributed by atoms with Gasteiger partial charge in [0.1, 0.15) is 5.78 Å². The van der Waals surface area contributed by atoms with Crippen molar-refractivity contribution in [3.63, 3.8) is 0 Å². The molecule has 4 aliphatic carbocycles. The van der Waals surface area contributed by atoms with E-state index in [9.17, 15) is 14.7 Å². The highest BCUT2D eigenvalue weighted by Crippen LogP contribution is 2.68. The predicted molar refractivity (Wildman–Crippen MR) is 146 cm³/mol. The van der Waals surface area contributed by atoms with Gasteiger partial charge >= 0.3 is 0 Å². The number of thiophene rings is 1. The third kappa shape index (κ3) is 4.49. The van der Waals surface area contributed by atoms with Gasteiger partial charge in [-0.25, -0.2) is 0 Å².